The van der Waals surface area contributed by atoms with E-state index in [9.17, 15) is 0 Å². The van der Waals surface area contributed by atoms with Crippen molar-refractivity contribution < 1.29 is 4.74 Å². The number of aryl methyl sites for hydroxylation is 1. The van der Waals surface area contributed by atoms with Crippen molar-refractivity contribution >= 4 is 24.8 Å². The smallest absolute Gasteiger partial charge is 0.128 e. The largest absolute Gasteiger partial charge is 0.496 e. The van der Waals surface area contributed by atoms with Gasteiger partial charge in [0.25, 0.3) is 0 Å². The van der Waals surface area contributed by atoms with Crippen LogP contribution in [0.1, 0.15) is 36.6 Å². The molecular formula is C16H29Cl2N3O. The predicted octanol–water partition coefficient (Wildman–Crippen LogP) is 3.11. The zero-order valence-electron chi connectivity index (χ0n) is 14.0. The second-order valence-electron chi connectivity index (χ2n) is 6.04. The van der Waals surface area contributed by atoms with E-state index >= 15 is 0 Å². The van der Waals surface area contributed by atoms with Gasteiger partial charge in [-0.15, -0.1) is 24.8 Å². The van der Waals surface area contributed by atoms with Crippen molar-refractivity contribution in [3.63, 3.8) is 0 Å². The van der Waals surface area contributed by atoms with Gasteiger partial charge < -0.3 is 10.5 Å². The Morgan fingerprint density at radius 2 is 2.09 bits per heavy atom. The second kappa shape index (κ2) is 9.56. The van der Waals surface area contributed by atoms with E-state index in [0.29, 0.717) is 5.92 Å². The van der Waals surface area contributed by atoms with E-state index in [1.165, 1.54) is 12.8 Å². The lowest BCUT2D eigenvalue weighted by Crippen LogP contribution is -2.42. The number of aromatic nitrogens is 1. The van der Waals surface area contributed by atoms with Gasteiger partial charge in [0.1, 0.15) is 5.75 Å². The number of rotatable bonds is 4. The van der Waals surface area contributed by atoms with Crippen LogP contribution < -0.4 is 10.5 Å². The van der Waals surface area contributed by atoms with Crippen LogP contribution in [0.4, 0.5) is 0 Å². The molecule has 0 bridgehead atoms. The third-order valence-corrected chi connectivity index (χ3v) is 4.41. The van der Waals surface area contributed by atoms with Crippen LogP contribution in [-0.2, 0) is 6.54 Å². The molecule has 0 radical (unpaired) electrons. The number of nitrogens with zero attached hydrogens (tertiary/aromatic N) is 2. The molecule has 2 rings (SSSR count). The van der Waals surface area contributed by atoms with E-state index in [4.69, 9.17) is 10.5 Å². The lowest BCUT2D eigenvalue weighted by Gasteiger charge is -2.34. The molecule has 1 aromatic rings. The molecule has 1 aliphatic heterocycles. The zero-order valence-corrected chi connectivity index (χ0v) is 15.6. The molecule has 128 valence electrons. The van der Waals surface area contributed by atoms with Crippen LogP contribution in [0.15, 0.2) is 6.20 Å². The monoisotopic (exact) mass is 349 g/mol. The fraction of sp³-hybridized carbons (Fsp3) is 0.688. The first-order chi connectivity index (χ1) is 9.52. The SMILES string of the molecule is COc1c(C)cnc(CN2CCCC(C(C)N)C2)c1C.Cl.Cl. The van der Waals surface area contributed by atoms with Crippen molar-refractivity contribution in [3.05, 3.63) is 23.0 Å². The first-order valence-corrected chi connectivity index (χ1v) is 7.50. The highest BCUT2D eigenvalue weighted by Crippen LogP contribution is 2.26. The van der Waals surface area contributed by atoms with Crippen LogP contribution in [-0.4, -0.2) is 36.1 Å². The van der Waals surface area contributed by atoms with Crippen molar-refractivity contribution in [1.29, 1.82) is 0 Å². The highest BCUT2D eigenvalue weighted by molar-refractivity contribution is 5.85. The molecule has 0 aromatic carbocycles. The topological polar surface area (TPSA) is 51.4 Å². The van der Waals surface area contributed by atoms with Crippen molar-refractivity contribution in [3.8, 4) is 5.75 Å². The maximum absolute atomic E-state index is 6.06. The summed E-state index contributed by atoms with van der Waals surface area (Å²) in [6.45, 7) is 9.37. The Bertz CT molecular complexity index is 469. The fourth-order valence-corrected chi connectivity index (χ4v) is 3.11. The number of piperidine rings is 1. The van der Waals surface area contributed by atoms with Gasteiger partial charge in [0.2, 0.25) is 0 Å². The lowest BCUT2D eigenvalue weighted by molar-refractivity contribution is 0.152. The van der Waals surface area contributed by atoms with Gasteiger partial charge in [0.15, 0.2) is 0 Å². The summed E-state index contributed by atoms with van der Waals surface area (Å²) >= 11 is 0. The maximum Gasteiger partial charge on any atom is 0.128 e. The first-order valence-electron chi connectivity index (χ1n) is 7.50. The van der Waals surface area contributed by atoms with E-state index < -0.39 is 0 Å². The molecule has 2 atom stereocenters. The highest BCUT2D eigenvalue weighted by Gasteiger charge is 2.23. The minimum absolute atomic E-state index is 0. The van der Waals surface area contributed by atoms with Gasteiger partial charge in [0, 0.05) is 36.5 Å². The number of ether oxygens (including phenoxy) is 1. The van der Waals surface area contributed by atoms with Crippen molar-refractivity contribution in [2.75, 3.05) is 20.2 Å². The molecule has 4 nitrogen and oxygen atoms in total. The molecule has 6 heteroatoms. The molecule has 2 heterocycles. The van der Waals surface area contributed by atoms with Crippen molar-refractivity contribution in [2.24, 2.45) is 11.7 Å². The number of methoxy groups -OCH3 is 1. The molecule has 2 N–H and O–H groups in total. The Morgan fingerprint density at radius 1 is 1.41 bits per heavy atom. The van der Waals surface area contributed by atoms with Crippen molar-refractivity contribution in [2.45, 2.75) is 46.2 Å². The minimum Gasteiger partial charge on any atom is -0.496 e. The van der Waals surface area contributed by atoms with Gasteiger partial charge in [-0.05, 0) is 46.1 Å². The Labute approximate surface area is 146 Å². The Morgan fingerprint density at radius 3 is 2.68 bits per heavy atom. The number of likely N-dealkylation sites (tertiary alicyclic amines) is 1. The predicted molar refractivity (Wildman–Crippen MR) is 96.4 cm³/mol. The van der Waals surface area contributed by atoms with E-state index in [1.807, 2.05) is 13.1 Å². The van der Waals surface area contributed by atoms with Crippen molar-refractivity contribution in [1.82, 2.24) is 9.88 Å². The maximum atomic E-state index is 6.06. The van der Waals surface area contributed by atoms with Gasteiger partial charge in [-0.1, -0.05) is 0 Å². The lowest BCUT2D eigenvalue weighted by atomic mass is 9.92. The molecule has 0 aliphatic carbocycles. The van der Waals surface area contributed by atoms with Crippen LogP contribution in [0.2, 0.25) is 0 Å². The van der Waals surface area contributed by atoms with Gasteiger partial charge in [0.05, 0.1) is 12.8 Å². The Kier molecular flexibility index (Phi) is 9.32. The van der Waals surface area contributed by atoms with E-state index in [-0.39, 0.29) is 30.9 Å². The third-order valence-electron chi connectivity index (χ3n) is 4.41. The molecule has 1 saturated heterocycles. The van der Waals surface area contributed by atoms with Crippen LogP contribution in [0.5, 0.6) is 5.75 Å². The van der Waals surface area contributed by atoms with Gasteiger partial charge in [-0.3, -0.25) is 9.88 Å². The highest BCUT2D eigenvalue weighted by atomic mass is 35.5. The molecule has 1 aromatic heterocycles. The number of nitrogens with two attached hydrogens (primary N) is 1. The molecule has 0 saturated carbocycles. The van der Waals surface area contributed by atoms with E-state index in [2.05, 4.69) is 23.7 Å². The molecule has 22 heavy (non-hydrogen) atoms. The normalized spacial score (nSPS) is 19.8. The summed E-state index contributed by atoms with van der Waals surface area (Å²) in [4.78, 5) is 7.07. The van der Waals surface area contributed by atoms with E-state index in [1.54, 1.807) is 7.11 Å². The average Bonchev–Trinajstić information content (AvgIpc) is 2.43. The fourth-order valence-electron chi connectivity index (χ4n) is 3.11. The van der Waals surface area contributed by atoms with Gasteiger partial charge in [-0.2, -0.15) is 0 Å². The van der Waals surface area contributed by atoms with Gasteiger partial charge >= 0.3 is 0 Å². The average molecular weight is 350 g/mol. The summed E-state index contributed by atoms with van der Waals surface area (Å²) in [5, 5.41) is 0. The first kappa shape index (κ1) is 21.4. The Hall–Kier alpha value is -0.550. The molecule has 0 amide bonds. The molecule has 1 aliphatic rings. The molecule has 0 spiro atoms. The second-order valence-corrected chi connectivity index (χ2v) is 6.04. The summed E-state index contributed by atoms with van der Waals surface area (Å²) in [6, 6.07) is 0.277. The quantitative estimate of drug-likeness (QED) is 0.907. The van der Waals surface area contributed by atoms with Crippen LogP contribution in [0, 0.1) is 19.8 Å². The standard InChI is InChI=1S/C16H27N3O.2ClH/c1-11-8-18-15(12(2)16(11)20-4)10-19-7-5-6-14(9-19)13(3)17;;/h8,13-14H,5-7,9-10,17H2,1-4H3;2*1H. The Balaban J connectivity index is 0.00000220. The number of hydrogen-bond acceptors (Lipinski definition) is 4. The molecular weight excluding hydrogens is 321 g/mol. The molecule has 2 unspecified atom stereocenters. The summed E-state index contributed by atoms with van der Waals surface area (Å²) in [5.41, 5.74) is 9.44. The summed E-state index contributed by atoms with van der Waals surface area (Å²) in [5.74, 6) is 1.58. The number of hydrogen-bond donors (Lipinski definition) is 1. The summed E-state index contributed by atoms with van der Waals surface area (Å²) in [6.07, 6.45) is 4.39. The number of pyridine rings is 1. The zero-order chi connectivity index (χ0) is 14.7. The van der Waals surface area contributed by atoms with Crippen LogP contribution >= 0.6 is 24.8 Å². The van der Waals surface area contributed by atoms with E-state index in [0.717, 1.165) is 42.2 Å². The number of halogens is 2. The summed E-state index contributed by atoms with van der Waals surface area (Å²) < 4.78 is 5.49. The van der Waals surface area contributed by atoms with Crippen LogP contribution in [0.3, 0.4) is 0 Å². The van der Waals surface area contributed by atoms with Crippen LogP contribution in [0.25, 0.3) is 0 Å². The summed E-state index contributed by atoms with van der Waals surface area (Å²) in [7, 11) is 1.73. The minimum atomic E-state index is 0. The molecule has 1 fully saturated rings. The van der Waals surface area contributed by atoms with Gasteiger partial charge in [-0.25, -0.2) is 0 Å². The third kappa shape index (κ3) is 4.98.